The maximum Gasteiger partial charge on any atom is 0.267 e. The number of benzene rings is 1. The number of rotatable bonds is 6. The van der Waals surface area contributed by atoms with Crippen molar-refractivity contribution in [2.45, 2.75) is 13.0 Å². The zero-order valence-electron chi connectivity index (χ0n) is 15.2. The molecule has 0 fully saturated rings. The van der Waals surface area contributed by atoms with E-state index in [1.807, 2.05) is 34.2 Å². The molecular weight excluding hydrogens is 460 g/mol. The summed E-state index contributed by atoms with van der Waals surface area (Å²) >= 11 is 5.03. The van der Waals surface area contributed by atoms with Gasteiger partial charge < -0.3 is 9.88 Å². The van der Waals surface area contributed by atoms with Crippen LogP contribution in [-0.2, 0) is 13.0 Å². The lowest BCUT2D eigenvalue weighted by atomic mass is 10.2. The Bertz CT molecular complexity index is 1170. The number of amides is 1. The zero-order valence-corrected chi connectivity index (χ0v) is 17.6. The summed E-state index contributed by atoms with van der Waals surface area (Å²) in [6, 6.07) is 11.3. The van der Waals surface area contributed by atoms with Crippen LogP contribution in [0, 0.1) is 11.6 Å². The number of pyridine rings is 1. The van der Waals surface area contributed by atoms with Crippen molar-refractivity contribution in [3.05, 3.63) is 87.1 Å². The molecule has 0 radical (unpaired) electrons. The van der Waals surface area contributed by atoms with Crippen LogP contribution in [0.4, 0.5) is 8.78 Å². The molecule has 3 aromatic heterocycles. The van der Waals surface area contributed by atoms with Gasteiger partial charge in [0.05, 0.1) is 14.7 Å². The second-order valence-electron chi connectivity index (χ2n) is 6.49. The molecule has 1 amide bonds. The molecule has 4 aromatic rings. The third-order valence-corrected chi connectivity index (χ3v) is 6.35. The van der Waals surface area contributed by atoms with E-state index in [1.165, 1.54) is 17.4 Å². The lowest BCUT2D eigenvalue weighted by Crippen LogP contribution is -2.28. The fraction of sp³-hybridized carbons (Fsp3) is 0.143. The van der Waals surface area contributed by atoms with E-state index in [9.17, 15) is 13.6 Å². The van der Waals surface area contributed by atoms with Crippen LogP contribution in [0.1, 0.15) is 21.7 Å². The van der Waals surface area contributed by atoms with Gasteiger partial charge in [0.2, 0.25) is 0 Å². The van der Waals surface area contributed by atoms with E-state index in [0.29, 0.717) is 24.2 Å². The summed E-state index contributed by atoms with van der Waals surface area (Å²) in [5.74, 6) is -2.02. The van der Waals surface area contributed by atoms with Crippen LogP contribution in [0.5, 0.6) is 0 Å². The molecule has 0 saturated heterocycles. The maximum atomic E-state index is 13.7. The third kappa shape index (κ3) is 4.23. The van der Waals surface area contributed by atoms with Crippen LogP contribution < -0.4 is 5.32 Å². The van der Waals surface area contributed by atoms with E-state index in [1.54, 1.807) is 6.20 Å². The van der Waals surface area contributed by atoms with Crippen LogP contribution in [0.15, 0.2) is 58.5 Å². The molecule has 8 heteroatoms. The molecule has 0 atom stereocenters. The van der Waals surface area contributed by atoms with Crippen molar-refractivity contribution in [2.24, 2.45) is 0 Å². The number of nitrogens with zero attached hydrogens (tertiary/aromatic N) is 2. The largest absolute Gasteiger partial charge is 0.350 e. The van der Waals surface area contributed by atoms with Gasteiger partial charge in [0.25, 0.3) is 5.91 Å². The number of thiophene rings is 1. The molecule has 0 aliphatic rings. The highest BCUT2D eigenvalue weighted by Crippen LogP contribution is 2.34. The van der Waals surface area contributed by atoms with Crippen LogP contribution in [0.3, 0.4) is 0 Å². The third-order valence-electron chi connectivity index (χ3n) is 4.53. The Morgan fingerprint density at radius 1 is 1.17 bits per heavy atom. The highest BCUT2D eigenvalue weighted by atomic mass is 79.9. The molecular formula is C21H16BrF2N3OS. The molecule has 29 heavy (non-hydrogen) atoms. The van der Waals surface area contributed by atoms with E-state index >= 15 is 0 Å². The number of carbonyl (C=O) groups is 1. The Balaban J connectivity index is 1.59. The molecule has 4 rings (SSSR count). The predicted octanol–water partition coefficient (Wildman–Crippen LogP) is 5.16. The van der Waals surface area contributed by atoms with E-state index in [0.717, 1.165) is 32.5 Å². The number of halogens is 3. The van der Waals surface area contributed by atoms with Gasteiger partial charge >= 0.3 is 0 Å². The molecule has 0 bridgehead atoms. The van der Waals surface area contributed by atoms with Crippen molar-refractivity contribution in [1.82, 2.24) is 14.9 Å². The highest BCUT2D eigenvalue weighted by Gasteiger charge is 2.19. The first kappa shape index (κ1) is 19.7. The topological polar surface area (TPSA) is 46.9 Å². The molecule has 0 spiro atoms. The Morgan fingerprint density at radius 2 is 2.03 bits per heavy atom. The number of hydrogen-bond acceptors (Lipinski definition) is 3. The van der Waals surface area contributed by atoms with E-state index in [-0.39, 0.29) is 12.5 Å². The SMILES string of the molecule is O=C(NCCc1ccccn1)c1cc2scc(Br)c2n1Cc1ccc(F)c(F)c1. The number of fused-ring (bicyclic) bond motifs is 1. The van der Waals surface area contributed by atoms with E-state index < -0.39 is 11.6 Å². The first-order valence-electron chi connectivity index (χ1n) is 8.91. The molecule has 0 aliphatic heterocycles. The number of carbonyl (C=O) groups excluding carboxylic acids is 1. The smallest absolute Gasteiger partial charge is 0.267 e. The number of aromatic nitrogens is 2. The maximum absolute atomic E-state index is 13.7. The van der Waals surface area contributed by atoms with Gasteiger partial charge in [0, 0.05) is 36.8 Å². The fourth-order valence-corrected chi connectivity index (χ4v) is 4.84. The summed E-state index contributed by atoms with van der Waals surface area (Å²) in [4.78, 5) is 17.1. The van der Waals surface area contributed by atoms with E-state index in [2.05, 4.69) is 26.2 Å². The minimum Gasteiger partial charge on any atom is -0.350 e. The minimum absolute atomic E-state index is 0.223. The lowest BCUT2D eigenvalue weighted by Gasteiger charge is -2.12. The number of hydrogen-bond donors (Lipinski definition) is 1. The summed E-state index contributed by atoms with van der Waals surface area (Å²) in [5, 5.41) is 4.86. The normalized spacial score (nSPS) is 11.1. The standard InChI is InChI=1S/C21H16BrF2N3OS/c22-15-12-29-19-10-18(21(28)26-8-6-14-3-1-2-7-25-14)27(20(15)19)11-13-4-5-16(23)17(24)9-13/h1-5,7,9-10,12H,6,8,11H2,(H,26,28). The molecule has 4 nitrogen and oxygen atoms in total. The van der Waals surface area contributed by atoms with Gasteiger partial charge in [-0.3, -0.25) is 9.78 Å². The summed E-state index contributed by atoms with van der Waals surface area (Å²) in [6.07, 6.45) is 2.34. The van der Waals surface area contributed by atoms with E-state index in [4.69, 9.17) is 0 Å². The van der Waals surface area contributed by atoms with Gasteiger partial charge in [0.1, 0.15) is 5.69 Å². The Hall–Kier alpha value is -2.58. The van der Waals surface area contributed by atoms with Crippen LogP contribution >= 0.6 is 27.3 Å². The van der Waals surface area contributed by atoms with Crippen LogP contribution in [0.25, 0.3) is 10.2 Å². The number of nitrogens with one attached hydrogen (secondary N) is 1. The molecule has 0 saturated carbocycles. The van der Waals surface area contributed by atoms with Crippen molar-refractivity contribution in [1.29, 1.82) is 0 Å². The molecule has 0 aliphatic carbocycles. The van der Waals surface area contributed by atoms with Gasteiger partial charge in [-0.25, -0.2) is 8.78 Å². The van der Waals surface area contributed by atoms with Crippen molar-refractivity contribution >= 4 is 43.4 Å². The molecule has 0 unspecified atom stereocenters. The Morgan fingerprint density at radius 3 is 2.79 bits per heavy atom. The second-order valence-corrected chi connectivity index (χ2v) is 8.25. The quantitative estimate of drug-likeness (QED) is 0.418. The average molecular weight is 476 g/mol. The van der Waals surface area contributed by atoms with Crippen LogP contribution in [0.2, 0.25) is 0 Å². The highest BCUT2D eigenvalue weighted by molar-refractivity contribution is 9.10. The summed E-state index contributed by atoms with van der Waals surface area (Å²) in [7, 11) is 0. The molecule has 148 valence electrons. The van der Waals surface area contributed by atoms with Gasteiger partial charge in [-0.2, -0.15) is 0 Å². The first-order valence-corrected chi connectivity index (χ1v) is 10.6. The monoisotopic (exact) mass is 475 g/mol. The van der Waals surface area contributed by atoms with Crippen molar-refractivity contribution in [3.8, 4) is 0 Å². The predicted molar refractivity (Wildman–Crippen MR) is 113 cm³/mol. The van der Waals surface area contributed by atoms with Crippen molar-refractivity contribution < 1.29 is 13.6 Å². The van der Waals surface area contributed by atoms with Crippen LogP contribution in [-0.4, -0.2) is 22.0 Å². The fourth-order valence-electron chi connectivity index (χ4n) is 3.14. The molecule has 3 heterocycles. The summed E-state index contributed by atoms with van der Waals surface area (Å²) < 4.78 is 30.5. The second kappa shape index (κ2) is 8.42. The van der Waals surface area contributed by atoms with Gasteiger partial charge in [0.15, 0.2) is 11.6 Å². The van der Waals surface area contributed by atoms with Gasteiger partial charge in [-0.15, -0.1) is 11.3 Å². The average Bonchev–Trinajstić information content (AvgIpc) is 3.26. The van der Waals surface area contributed by atoms with Gasteiger partial charge in [-0.1, -0.05) is 12.1 Å². The summed E-state index contributed by atoms with van der Waals surface area (Å²) in [5.41, 5.74) is 2.80. The Kier molecular flexibility index (Phi) is 5.73. The van der Waals surface area contributed by atoms with Crippen molar-refractivity contribution in [2.75, 3.05) is 6.54 Å². The lowest BCUT2D eigenvalue weighted by molar-refractivity contribution is 0.0945. The zero-order chi connectivity index (χ0) is 20.4. The molecule has 1 aromatic carbocycles. The minimum atomic E-state index is -0.906. The van der Waals surface area contributed by atoms with Gasteiger partial charge in [-0.05, 0) is 51.8 Å². The van der Waals surface area contributed by atoms with Crippen molar-refractivity contribution in [3.63, 3.8) is 0 Å². The Labute approximate surface area is 178 Å². The molecule has 1 N–H and O–H groups in total. The first-order chi connectivity index (χ1) is 14.0. The summed E-state index contributed by atoms with van der Waals surface area (Å²) in [6.45, 7) is 0.694.